The second kappa shape index (κ2) is 7.63. The molecule has 0 saturated carbocycles. The molecule has 1 atom stereocenters. The molecular formula is C19H19N5O4. The van der Waals surface area contributed by atoms with Crippen molar-refractivity contribution in [2.24, 2.45) is 0 Å². The van der Waals surface area contributed by atoms with Gasteiger partial charge < -0.3 is 14.4 Å². The Balaban J connectivity index is 1.43. The summed E-state index contributed by atoms with van der Waals surface area (Å²) in [6.45, 7) is 0.897. The zero-order valence-corrected chi connectivity index (χ0v) is 15.3. The van der Waals surface area contributed by atoms with Crippen LogP contribution in [0, 0.1) is 0 Å². The fourth-order valence-corrected chi connectivity index (χ4v) is 3.21. The van der Waals surface area contributed by atoms with Crippen molar-refractivity contribution in [2.45, 2.75) is 19.1 Å². The van der Waals surface area contributed by atoms with Crippen LogP contribution in [0.1, 0.15) is 6.42 Å². The molecular weight excluding hydrogens is 362 g/mol. The van der Waals surface area contributed by atoms with Crippen LogP contribution in [0.5, 0.6) is 11.8 Å². The van der Waals surface area contributed by atoms with Crippen LogP contribution in [-0.4, -0.2) is 56.6 Å². The van der Waals surface area contributed by atoms with E-state index < -0.39 is 0 Å². The zero-order valence-electron chi connectivity index (χ0n) is 15.3. The van der Waals surface area contributed by atoms with E-state index in [1.807, 2.05) is 6.07 Å². The molecule has 0 unspecified atom stereocenters. The molecule has 28 heavy (non-hydrogen) atoms. The quantitative estimate of drug-likeness (QED) is 0.647. The summed E-state index contributed by atoms with van der Waals surface area (Å²) in [5.41, 5.74) is 0.388. The molecule has 0 N–H and O–H groups in total. The van der Waals surface area contributed by atoms with Crippen LogP contribution in [0.15, 0.2) is 47.8 Å². The van der Waals surface area contributed by atoms with E-state index in [0.717, 1.165) is 0 Å². The number of hydrogen-bond acceptors (Lipinski definition) is 7. The molecule has 1 amide bonds. The molecule has 1 fully saturated rings. The monoisotopic (exact) mass is 381 g/mol. The predicted octanol–water partition coefficient (Wildman–Crippen LogP) is 0.875. The van der Waals surface area contributed by atoms with Crippen molar-refractivity contribution in [2.75, 3.05) is 20.2 Å². The Hall–Kier alpha value is -3.49. The van der Waals surface area contributed by atoms with Crippen molar-refractivity contribution in [1.82, 2.24) is 24.4 Å². The Labute approximate surface area is 160 Å². The largest absolute Gasteiger partial charge is 0.477 e. The van der Waals surface area contributed by atoms with Gasteiger partial charge in [-0.25, -0.2) is 15.0 Å². The second-order valence-corrected chi connectivity index (χ2v) is 6.43. The van der Waals surface area contributed by atoms with Crippen LogP contribution in [-0.2, 0) is 11.3 Å². The van der Waals surface area contributed by atoms with Crippen molar-refractivity contribution in [3.05, 3.63) is 53.3 Å². The van der Waals surface area contributed by atoms with Crippen LogP contribution in [0.3, 0.4) is 0 Å². The average Bonchev–Trinajstić information content (AvgIpc) is 3.19. The van der Waals surface area contributed by atoms with E-state index in [4.69, 9.17) is 9.47 Å². The molecule has 1 aromatic carbocycles. The zero-order chi connectivity index (χ0) is 19.5. The molecule has 0 radical (unpaired) electrons. The molecule has 3 heterocycles. The molecule has 0 aliphatic carbocycles. The van der Waals surface area contributed by atoms with E-state index in [9.17, 15) is 9.59 Å². The third kappa shape index (κ3) is 3.51. The smallest absolute Gasteiger partial charge is 0.278 e. The lowest BCUT2D eigenvalue weighted by atomic mass is 10.2. The third-order valence-corrected chi connectivity index (χ3v) is 4.64. The topological polar surface area (TPSA) is 99.4 Å². The van der Waals surface area contributed by atoms with Gasteiger partial charge in [0.2, 0.25) is 5.91 Å². The Morgan fingerprint density at radius 3 is 2.79 bits per heavy atom. The van der Waals surface area contributed by atoms with Crippen LogP contribution in [0.2, 0.25) is 0 Å². The van der Waals surface area contributed by atoms with Crippen molar-refractivity contribution < 1.29 is 14.3 Å². The molecule has 2 aromatic heterocycles. The van der Waals surface area contributed by atoms with Crippen LogP contribution < -0.4 is 15.0 Å². The maximum Gasteiger partial charge on any atom is 0.278 e. The lowest BCUT2D eigenvalue weighted by molar-refractivity contribution is -0.131. The van der Waals surface area contributed by atoms with Gasteiger partial charge in [0.25, 0.3) is 17.3 Å². The molecule has 0 spiro atoms. The van der Waals surface area contributed by atoms with Crippen LogP contribution in [0.4, 0.5) is 0 Å². The number of amides is 1. The van der Waals surface area contributed by atoms with Gasteiger partial charge in [-0.1, -0.05) is 12.1 Å². The number of benzene rings is 1. The van der Waals surface area contributed by atoms with Crippen molar-refractivity contribution in [1.29, 1.82) is 0 Å². The van der Waals surface area contributed by atoms with E-state index in [0.29, 0.717) is 42.2 Å². The molecule has 1 aliphatic heterocycles. The highest BCUT2D eigenvalue weighted by atomic mass is 16.5. The van der Waals surface area contributed by atoms with Gasteiger partial charge in [0.05, 0.1) is 30.9 Å². The van der Waals surface area contributed by atoms with Crippen LogP contribution in [0.25, 0.3) is 10.9 Å². The van der Waals surface area contributed by atoms with Gasteiger partial charge >= 0.3 is 0 Å². The molecule has 9 nitrogen and oxygen atoms in total. The Morgan fingerprint density at radius 1 is 1.18 bits per heavy atom. The van der Waals surface area contributed by atoms with Crippen molar-refractivity contribution >= 4 is 16.8 Å². The predicted molar refractivity (Wildman–Crippen MR) is 100 cm³/mol. The highest BCUT2D eigenvalue weighted by molar-refractivity contribution is 5.79. The molecule has 1 aliphatic rings. The first-order chi connectivity index (χ1) is 13.7. The first-order valence-corrected chi connectivity index (χ1v) is 8.89. The average molecular weight is 381 g/mol. The third-order valence-electron chi connectivity index (χ3n) is 4.64. The normalized spacial score (nSPS) is 16.3. The molecule has 0 bridgehead atoms. The van der Waals surface area contributed by atoms with E-state index in [1.165, 1.54) is 30.4 Å². The summed E-state index contributed by atoms with van der Waals surface area (Å²) in [5.74, 6) is 0.455. The number of likely N-dealkylation sites (tertiary alicyclic amines) is 1. The summed E-state index contributed by atoms with van der Waals surface area (Å²) >= 11 is 0. The lowest BCUT2D eigenvalue weighted by Gasteiger charge is -2.18. The van der Waals surface area contributed by atoms with Gasteiger partial charge in [0.15, 0.2) is 0 Å². The molecule has 144 valence electrons. The van der Waals surface area contributed by atoms with Crippen molar-refractivity contribution in [3.63, 3.8) is 0 Å². The highest BCUT2D eigenvalue weighted by Crippen LogP contribution is 2.24. The number of fused-ring (bicyclic) bond motifs is 1. The summed E-state index contributed by atoms with van der Waals surface area (Å²) < 4.78 is 12.3. The standard InChI is InChI=1S/C19H19N5O4/c1-27-17-18(21-8-7-20-17)28-13-6-9-23(10-13)16(25)11-24-12-22-15-5-3-2-4-14(15)19(24)26/h2-5,7-8,12-13H,6,9-11H2,1H3/t13-/m1/s1. The fraction of sp³-hybridized carbons (Fsp3) is 0.316. The minimum absolute atomic E-state index is 0.0577. The van der Waals surface area contributed by atoms with E-state index in [2.05, 4.69) is 15.0 Å². The SMILES string of the molecule is COc1nccnc1O[C@@H]1CCN(C(=O)Cn2cnc3ccccc3c2=O)C1. The molecule has 4 rings (SSSR count). The Kier molecular flexibility index (Phi) is 4.88. The number of ether oxygens (including phenoxy) is 2. The minimum atomic E-state index is -0.227. The van der Waals surface area contributed by atoms with Gasteiger partial charge in [-0.3, -0.25) is 14.2 Å². The van der Waals surface area contributed by atoms with Crippen LogP contribution >= 0.6 is 0 Å². The fourth-order valence-electron chi connectivity index (χ4n) is 3.21. The molecule has 3 aromatic rings. The summed E-state index contributed by atoms with van der Waals surface area (Å²) in [7, 11) is 1.50. The van der Waals surface area contributed by atoms with E-state index in [1.54, 1.807) is 23.1 Å². The molecule has 9 heteroatoms. The van der Waals surface area contributed by atoms with Gasteiger partial charge in [-0.05, 0) is 12.1 Å². The Bertz CT molecular complexity index is 1070. The number of rotatable bonds is 5. The minimum Gasteiger partial charge on any atom is -0.477 e. The summed E-state index contributed by atoms with van der Waals surface area (Å²) in [5, 5.41) is 0.496. The molecule has 1 saturated heterocycles. The summed E-state index contributed by atoms with van der Waals surface area (Å²) in [6.07, 6.45) is 4.91. The van der Waals surface area contributed by atoms with Gasteiger partial charge in [0.1, 0.15) is 12.6 Å². The lowest BCUT2D eigenvalue weighted by Crippen LogP contribution is -2.36. The van der Waals surface area contributed by atoms with Gasteiger partial charge in [-0.15, -0.1) is 0 Å². The number of para-hydroxylation sites is 1. The first kappa shape index (κ1) is 17.9. The second-order valence-electron chi connectivity index (χ2n) is 6.43. The van der Waals surface area contributed by atoms with Gasteiger partial charge in [0, 0.05) is 25.4 Å². The number of hydrogen-bond donors (Lipinski definition) is 0. The Morgan fingerprint density at radius 2 is 1.96 bits per heavy atom. The summed E-state index contributed by atoms with van der Waals surface area (Å²) in [4.78, 5) is 39.3. The van der Waals surface area contributed by atoms with Gasteiger partial charge in [-0.2, -0.15) is 0 Å². The number of aromatic nitrogens is 4. The van der Waals surface area contributed by atoms with Crippen molar-refractivity contribution in [3.8, 4) is 11.8 Å². The maximum absolute atomic E-state index is 12.7. The van der Waals surface area contributed by atoms with E-state index in [-0.39, 0.29) is 24.1 Å². The number of carbonyl (C=O) groups excluding carboxylic acids is 1. The first-order valence-electron chi connectivity index (χ1n) is 8.89. The number of methoxy groups -OCH3 is 1. The number of carbonyl (C=O) groups is 1. The maximum atomic E-state index is 12.7. The number of nitrogens with zero attached hydrogens (tertiary/aromatic N) is 5. The summed E-state index contributed by atoms with van der Waals surface area (Å²) in [6, 6.07) is 7.08. The highest BCUT2D eigenvalue weighted by Gasteiger charge is 2.29. The van der Waals surface area contributed by atoms with E-state index >= 15 is 0 Å².